The average molecular weight is 397 g/mol. The number of fused-ring (bicyclic) bond motifs is 1. The number of likely N-dealkylation sites (N-methyl/N-ethyl adjacent to an activating group) is 1. The van der Waals surface area contributed by atoms with E-state index in [2.05, 4.69) is 35.2 Å². The SMILES string of the molecule is CN(C)CCO[C@H]1C[C@@H](O)C12CCN(C(=O)Cc1ccc3ccccc3c1)CC2. The van der Waals surface area contributed by atoms with Crippen molar-refractivity contribution in [3.63, 3.8) is 0 Å². The lowest BCUT2D eigenvalue weighted by Crippen LogP contribution is -2.63. The van der Waals surface area contributed by atoms with E-state index in [1.165, 1.54) is 10.8 Å². The molecule has 0 unspecified atom stereocenters. The van der Waals surface area contributed by atoms with Gasteiger partial charge in [0, 0.05) is 31.5 Å². The molecule has 1 saturated heterocycles. The van der Waals surface area contributed by atoms with Crippen LogP contribution in [0.1, 0.15) is 24.8 Å². The Balaban J connectivity index is 1.33. The maximum atomic E-state index is 12.9. The summed E-state index contributed by atoms with van der Waals surface area (Å²) in [5.41, 5.74) is 0.897. The molecular formula is C24H32N2O3. The molecule has 0 aromatic heterocycles. The number of carbonyl (C=O) groups excluding carboxylic acids is 1. The van der Waals surface area contributed by atoms with Crippen molar-refractivity contribution in [3.8, 4) is 0 Å². The van der Waals surface area contributed by atoms with Gasteiger partial charge < -0.3 is 19.6 Å². The third-order valence-corrected chi connectivity index (χ3v) is 6.82. The minimum atomic E-state index is -0.301. The van der Waals surface area contributed by atoms with E-state index in [9.17, 15) is 9.90 Å². The fourth-order valence-electron chi connectivity index (χ4n) is 4.80. The Kier molecular flexibility index (Phi) is 5.91. The molecule has 2 aromatic carbocycles. The number of amides is 1. The number of ether oxygens (including phenoxy) is 1. The van der Waals surface area contributed by atoms with Gasteiger partial charge in [-0.3, -0.25) is 4.79 Å². The number of likely N-dealkylation sites (tertiary alicyclic amines) is 1. The predicted octanol–water partition coefficient (Wildman–Crippen LogP) is 2.70. The first kappa shape index (κ1) is 20.3. The highest BCUT2D eigenvalue weighted by molar-refractivity contribution is 5.85. The minimum absolute atomic E-state index is 0.121. The van der Waals surface area contributed by atoms with Crippen LogP contribution in [0.15, 0.2) is 42.5 Å². The topological polar surface area (TPSA) is 53.0 Å². The zero-order valence-electron chi connectivity index (χ0n) is 17.5. The van der Waals surface area contributed by atoms with E-state index >= 15 is 0 Å². The van der Waals surface area contributed by atoms with Crippen LogP contribution in [0.3, 0.4) is 0 Å². The van der Waals surface area contributed by atoms with Crippen LogP contribution < -0.4 is 0 Å². The van der Waals surface area contributed by atoms with Gasteiger partial charge in [0.1, 0.15) is 0 Å². The molecule has 1 aliphatic carbocycles. The van der Waals surface area contributed by atoms with Crippen LogP contribution in [0.25, 0.3) is 10.8 Å². The van der Waals surface area contributed by atoms with Gasteiger partial charge in [-0.05, 0) is 43.3 Å². The summed E-state index contributed by atoms with van der Waals surface area (Å²) in [6.07, 6.45) is 2.62. The molecule has 0 bridgehead atoms. The van der Waals surface area contributed by atoms with Gasteiger partial charge in [-0.15, -0.1) is 0 Å². The first-order chi connectivity index (χ1) is 14.0. The molecule has 4 rings (SSSR count). The fourth-order valence-corrected chi connectivity index (χ4v) is 4.80. The number of piperidine rings is 1. The lowest BCUT2D eigenvalue weighted by atomic mass is 9.58. The smallest absolute Gasteiger partial charge is 0.226 e. The van der Waals surface area contributed by atoms with Crippen LogP contribution in [-0.2, 0) is 16.0 Å². The second-order valence-corrected chi connectivity index (χ2v) is 8.89. The number of rotatable bonds is 6. The Morgan fingerprint density at radius 2 is 1.90 bits per heavy atom. The van der Waals surface area contributed by atoms with Crippen LogP contribution in [-0.4, -0.2) is 73.4 Å². The van der Waals surface area contributed by atoms with Crippen LogP contribution >= 0.6 is 0 Å². The van der Waals surface area contributed by atoms with Crippen LogP contribution in [0.5, 0.6) is 0 Å². The summed E-state index contributed by atoms with van der Waals surface area (Å²) in [7, 11) is 4.07. The normalized spacial score (nSPS) is 23.5. The van der Waals surface area contributed by atoms with E-state index in [0.29, 0.717) is 26.1 Å². The first-order valence-electron chi connectivity index (χ1n) is 10.7. The number of hydrogen-bond donors (Lipinski definition) is 1. The minimum Gasteiger partial charge on any atom is -0.392 e. The summed E-state index contributed by atoms with van der Waals surface area (Å²) in [4.78, 5) is 16.9. The van der Waals surface area contributed by atoms with E-state index < -0.39 is 0 Å². The molecule has 156 valence electrons. The Morgan fingerprint density at radius 3 is 2.59 bits per heavy atom. The summed E-state index contributed by atoms with van der Waals surface area (Å²) >= 11 is 0. The van der Waals surface area contributed by atoms with E-state index in [4.69, 9.17) is 4.74 Å². The molecule has 5 nitrogen and oxygen atoms in total. The van der Waals surface area contributed by atoms with Gasteiger partial charge in [-0.1, -0.05) is 42.5 Å². The van der Waals surface area contributed by atoms with Crippen molar-refractivity contribution in [1.29, 1.82) is 0 Å². The molecule has 1 amide bonds. The largest absolute Gasteiger partial charge is 0.392 e. The van der Waals surface area contributed by atoms with Crippen LogP contribution in [0.2, 0.25) is 0 Å². The Labute approximate surface area is 173 Å². The molecule has 2 atom stereocenters. The number of aliphatic hydroxyl groups is 1. The van der Waals surface area contributed by atoms with Crippen molar-refractivity contribution in [2.24, 2.45) is 5.41 Å². The maximum Gasteiger partial charge on any atom is 0.226 e. The molecule has 0 radical (unpaired) electrons. The van der Waals surface area contributed by atoms with Crippen molar-refractivity contribution >= 4 is 16.7 Å². The number of hydrogen-bond acceptors (Lipinski definition) is 4. The second-order valence-electron chi connectivity index (χ2n) is 8.89. The van der Waals surface area contributed by atoms with Crippen molar-refractivity contribution in [3.05, 3.63) is 48.0 Å². The molecule has 1 N–H and O–H groups in total. The number of aliphatic hydroxyl groups excluding tert-OH is 1. The van der Waals surface area contributed by atoms with Gasteiger partial charge in [0.2, 0.25) is 5.91 Å². The van der Waals surface area contributed by atoms with Crippen LogP contribution in [0, 0.1) is 5.41 Å². The molecule has 5 heteroatoms. The van der Waals surface area contributed by atoms with Crippen molar-refractivity contribution in [2.75, 3.05) is 40.3 Å². The molecule has 1 saturated carbocycles. The number of benzene rings is 2. The predicted molar refractivity (Wildman–Crippen MR) is 115 cm³/mol. The quantitative estimate of drug-likeness (QED) is 0.816. The molecule has 1 heterocycles. The molecular weight excluding hydrogens is 364 g/mol. The average Bonchev–Trinajstić information content (AvgIpc) is 2.73. The Morgan fingerprint density at radius 1 is 1.17 bits per heavy atom. The third-order valence-electron chi connectivity index (χ3n) is 6.82. The summed E-state index contributed by atoms with van der Waals surface area (Å²) < 4.78 is 6.08. The van der Waals surface area contributed by atoms with Gasteiger partial charge in [-0.25, -0.2) is 0 Å². The molecule has 1 spiro atoms. The summed E-state index contributed by atoms with van der Waals surface area (Å²) in [5.74, 6) is 0.175. The molecule has 2 fully saturated rings. The van der Waals surface area contributed by atoms with E-state index in [1.807, 2.05) is 31.1 Å². The molecule has 2 aromatic rings. The fraction of sp³-hybridized carbons (Fsp3) is 0.542. The molecule has 1 aliphatic heterocycles. The monoisotopic (exact) mass is 396 g/mol. The van der Waals surface area contributed by atoms with Crippen molar-refractivity contribution in [2.45, 2.75) is 37.9 Å². The third kappa shape index (κ3) is 4.18. The first-order valence-corrected chi connectivity index (χ1v) is 10.7. The van der Waals surface area contributed by atoms with E-state index in [0.717, 1.165) is 31.4 Å². The highest BCUT2D eigenvalue weighted by atomic mass is 16.5. The lowest BCUT2D eigenvalue weighted by molar-refractivity contribution is -0.212. The molecule has 2 aliphatic rings. The summed E-state index contributed by atoms with van der Waals surface area (Å²) in [6, 6.07) is 14.5. The van der Waals surface area contributed by atoms with Crippen molar-refractivity contribution < 1.29 is 14.6 Å². The van der Waals surface area contributed by atoms with Crippen LogP contribution in [0.4, 0.5) is 0 Å². The van der Waals surface area contributed by atoms with Gasteiger partial charge >= 0.3 is 0 Å². The second kappa shape index (κ2) is 8.42. The van der Waals surface area contributed by atoms with Crippen molar-refractivity contribution in [1.82, 2.24) is 9.80 Å². The van der Waals surface area contributed by atoms with Gasteiger partial charge in [0.15, 0.2) is 0 Å². The van der Waals surface area contributed by atoms with Gasteiger partial charge in [-0.2, -0.15) is 0 Å². The standard InChI is InChI=1S/C24H32N2O3/c1-25(2)13-14-29-22-17-21(27)24(22)9-11-26(12-10-24)23(28)16-18-7-8-19-5-3-4-6-20(19)15-18/h3-8,15,21-22,27H,9-14,16-17H2,1-2H3/t21-,22+/m1/s1. The summed E-state index contributed by atoms with van der Waals surface area (Å²) in [6.45, 7) is 2.99. The zero-order chi connectivity index (χ0) is 20.4. The van der Waals surface area contributed by atoms with Gasteiger partial charge in [0.25, 0.3) is 0 Å². The van der Waals surface area contributed by atoms with E-state index in [-0.39, 0.29) is 23.5 Å². The lowest BCUT2D eigenvalue weighted by Gasteiger charge is -2.56. The van der Waals surface area contributed by atoms with E-state index in [1.54, 1.807) is 0 Å². The Bertz CT molecular complexity index is 858. The zero-order valence-corrected chi connectivity index (χ0v) is 17.5. The highest BCUT2D eigenvalue weighted by Gasteiger charge is 2.56. The number of carbonyl (C=O) groups is 1. The number of nitrogens with zero attached hydrogens (tertiary/aromatic N) is 2. The molecule has 29 heavy (non-hydrogen) atoms. The maximum absolute atomic E-state index is 12.9. The highest BCUT2D eigenvalue weighted by Crippen LogP contribution is 2.51. The Hall–Kier alpha value is -1.95. The summed E-state index contributed by atoms with van der Waals surface area (Å²) in [5, 5.41) is 12.8. The van der Waals surface area contributed by atoms with Gasteiger partial charge in [0.05, 0.1) is 25.2 Å².